The number of rotatable bonds is 56. The van der Waals surface area contributed by atoms with E-state index < -0.39 is 6.10 Å². The molecule has 0 unspecified atom stereocenters. The molecule has 0 spiro atoms. The molecule has 6 heteroatoms. The highest BCUT2D eigenvalue weighted by molar-refractivity contribution is 5.71. The monoisotopic (exact) mass is 993 g/mol. The van der Waals surface area contributed by atoms with Crippen molar-refractivity contribution in [1.29, 1.82) is 0 Å². The van der Waals surface area contributed by atoms with Crippen LogP contribution in [0.25, 0.3) is 0 Å². The first-order valence-electron chi connectivity index (χ1n) is 30.8. The molecule has 0 aromatic heterocycles. The van der Waals surface area contributed by atoms with Gasteiger partial charge in [-0.25, -0.2) is 0 Å². The van der Waals surface area contributed by atoms with E-state index in [2.05, 4.69) is 81.5 Å². The van der Waals surface area contributed by atoms with Crippen LogP contribution < -0.4 is 0 Å². The molecule has 71 heavy (non-hydrogen) atoms. The summed E-state index contributed by atoms with van der Waals surface area (Å²) in [6.45, 7) is 6.53. The summed E-state index contributed by atoms with van der Waals surface area (Å²) in [4.78, 5) is 38.2. The van der Waals surface area contributed by atoms with Crippen molar-refractivity contribution < 1.29 is 28.6 Å². The van der Waals surface area contributed by atoms with Crippen LogP contribution in [0.15, 0.2) is 60.8 Å². The molecule has 0 aliphatic carbocycles. The van der Waals surface area contributed by atoms with E-state index in [1.165, 1.54) is 193 Å². The van der Waals surface area contributed by atoms with Gasteiger partial charge in [0.2, 0.25) is 0 Å². The molecule has 0 N–H and O–H groups in total. The summed E-state index contributed by atoms with van der Waals surface area (Å²) in [5, 5.41) is 0. The summed E-state index contributed by atoms with van der Waals surface area (Å²) in [6.07, 6.45) is 75.1. The Kier molecular flexibility index (Phi) is 57.2. The second kappa shape index (κ2) is 59.7. The summed E-state index contributed by atoms with van der Waals surface area (Å²) in [5.74, 6) is -0.929. The maximum absolute atomic E-state index is 12.9. The normalized spacial score (nSPS) is 12.4. The Hall–Kier alpha value is -2.89. The van der Waals surface area contributed by atoms with Crippen LogP contribution in [0.5, 0.6) is 0 Å². The highest BCUT2D eigenvalue weighted by Crippen LogP contribution is 2.17. The number of esters is 3. The predicted molar refractivity (Wildman–Crippen MR) is 307 cm³/mol. The van der Waals surface area contributed by atoms with E-state index in [4.69, 9.17) is 14.2 Å². The van der Waals surface area contributed by atoms with Crippen LogP contribution in [0.2, 0.25) is 0 Å². The van der Waals surface area contributed by atoms with Gasteiger partial charge in [0, 0.05) is 19.3 Å². The Labute approximate surface area is 440 Å². The number of carbonyl (C=O) groups is 3. The molecule has 0 aliphatic rings. The molecule has 0 aromatic carbocycles. The molecule has 1 atom stereocenters. The minimum Gasteiger partial charge on any atom is -0.462 e. The van der Waals surface area contributed by atoms with Gasteiger partial charge in [-0.15, -0.1) is 0 Å². The van der Waals surface area contributed by atoms with Crippen molar-refractivity contribution in [2.75, 3.05) is 13.2 Å². The molecule has 412 valence electrons. The molecule has 0 amide bonds. The smallest absolute Gasteiger partial charge is 0.306 e. The summed E-state index contributed by atoms with van der Waals surface area (Å²) in [6, 6.07) is 0. The van der Waals surface area contributed by atoms with Gasteiger partial charge >= 0.3 is 17.9 Å². The van der Waals surface area contributed by atoms with Crippen LogP contribution >= 0.6 is 0 Å². The molecule has 0 radical (unpaired) electrons. The van der Waals surface area contributed by atoms with Gasteiger partial charge in [0.25, 0.3) is 0 Å². The van der Waals surface area contributed by atoms with E-state index in [0.717, 1.165) is 77.0 Å². The van der Waals surface area contributed by atoms with Crippen LogP contribution in [-0.4, -0.2) is 37.2 Å². The molecular formula is C65H116O6. The maximum atomic E-state index is 12.9. The third-order valence-electron chi connectivity index (χ3n) is 13.5. The van der Waals surface area contributed by atoms with Crippen molar-refractivity contribution in [2.45, 2.75) is 322 Å². The summed E-state index contributed by atoms with van der Waals surface area (Å²) in [7, 11) is 0. The minimum absolute atomic E-state index is 0.0872. The standard InChI is InChI=1S/C65H116O6/c1-4-7-10-13-16-19-22-25-28-31-32-35-37-40-43-46-49-52-55-58-64(67)70-61-62(71-65(68)59-56-53-50-47-44-41-38-34-30-27-24-21-18-15-12-9-6-3)60-69-63(66)57-54-51-48-45-42-39-36-33-29-26-23-20-17-14-11-8-5-2/h8,11,17,20,26,29,36,39,45,48,62H,4-7,9-10,12-16,18-19,21-25,27-28,30-35,37-38,40-44,46-47,49-61H2,1-3H3/b11-8-,20-17-,29-26-,39-36-,48-45-/t62-/m1/s1. The quantitative estimate of drug-likeness (QED) is 0.0261. The molecule has 0 fully saturated rings. The lowest BCUT2D eigenvalue weighted by molar-refractivity contribution is -0.167. The molecule has 0 aliphatic heterocycles. The third-order valence-corrected chi connectivity index (χ3v) is 13.5. The van der Waals surface area contributed by atoms with Crippen LogP contribution in [-0.2, 0) is 28.6 Å². The molecule has 0 rings (SSSR count). The SMILES string of the molecule is CC/C=C\C/C=C\C/C=C\C/C=C\C/C=C\CCCC(=O)OC[C@H](COC(=O)CCCCCCCCCCCCCCCCCCCCC)OC(=O)CCCCCCCCCCCCCCCCCCC. The number of carbonyl (C=O) groups excluding carboxylic acids is 3. The minimum atomic E-state index is -0.794. The van der Waals surface area contributed by atoms with Crippen molar-refractivity contribution in [2.24, 2.45) is 0 Å². The van der Waals surface area contributed by atoms with Gasteiger partial charge in [0.1, 0.15) is 13.2 Å². The summed E-state index contributed by atoms with van der Waals surface area (Å²) < 4.78 is 16.9. The molecule has 0 saturated heterocycles. The average Bonchev–Trinajstić information content (AvgIpc) is 3.37. The third kappa shape index (κ3) is 57.9. The highest BCUT2D eigenvalue weighted by Gasteiger charge is 2.19. The fraction of sp³-hybridized carbons (Fsp3) is 0.800. The zero-order valence-corrected chi connectivity index (χ0v) is 47.2. The number of unbranched alkanes of at least 4 members (excludes halogenated alkanes) is 35. The second-order valence-corrected chi connectivity index (χ2v) is 20.6. The van der Waals surface area contributed by atoms with Gasteiger partial charge in [-0.2, -0.15) is 0 Å². The summed E-state index contributed by atoms with van der Waals surface area (Å²) >= 11 is 0. The molecule has 0 saturated carbocycles. The zero-order valence-electron chi connectivity index (χ0n) is 47.2. The first-order chi connectivity index (χ1) is 35.0. The Morgan fingerprint density at radius 3 is 0.859 bits per heavy atom. The molecule has 0 heterocycles. The molecule has 0 bridgehead atoms. The van der Waals surface area contributed by atoms with Gasteiger partial charge in [-0.3, -0.25) is 14.4 Å². The van der Waals surface area contributed by atoms with Crippen molar-refractivity contribution in [3.63, 3.8) is 0 Å². The highest BCUT2D eigenvalue weighted by atomic mass is 16.6. The van der Waals surface area contributed by atoms with Crippen LogP contribution in [0.3, 0.4) is 0 Å². The van der Waals surface area contributed by atoms with E-state index in [1.54, 1.807) is 0 Å². The second-order valence-electron chi connectivity index (χ2n) is 20.6. The Morgan fingerprint density at radius 1 is 0.296 bits per heavy atom. The van der Waals surface area contributed by atoms with E-state index in [0.29, 0.717) is 19.3 Å². The van der Waals surface area contributed by atoms with Crippen molar-refractivity contribution in [1.82, 2.24) is 0 Å². The number of hydrogen-bond donors (Lipinski definition) is 0. The van der Waals surface area contributed by atoms with Crippen LogP contribution in [0.1, 0.15) is 316 Å². The van der Waals surface area contributed by atoms with E-state index in [-0.39, 0.29) is 37.5 Å². The van der Waals surface area contributed by atoms with Crippen molar-refractivity contribution in [3.05, 3.63) is 60.8 Å². The topological polar surface area (TPSA) is 78.9 Å². The van der Waals surface area contributed by atoms with E-state index in [1.807, 2.05) is 0 Å². The lowest BCUT2D eigenvalue weighted by Crippen LogP contribution is -2.30. The zero-order chi connectivity index (χ0) is 51.4. The van der Waals surface area contributed by atoms with Gasteiger partial charge in [0.15, 0.2) is 6.10 Å². The van der Waals surface area contributed by atoms with Gasteiger partial charge in [-0.05, 0) is 57.8 Å². The molecular weight excluding hydrogens is 877 g/mol. The summed E-state index contributed by atoms with van der Waals surface area (Å²) in [5.41, 5.74) is 0. The van der Waals surface area contributed by atoms with Gasteiger partial charge < -0.3 is 14.2 Å². The van der Waals surface area contributed by atoms with Crippen molar-refractivity contribution >= 4 is 17.9 Å². The Bertz CT molecular complexity index is 1280. The lowest BCUT2D eigenvalue weighted by atomic mass is 10.0. The number of ether oxygens (including phenoxy) is 3. The average molecular weight is 994 g/mol. The van der Waals surface area contributed by atoms with E-state index in [9.17, 15) is 14.4 Å². The number of allylic oxidation sites excluding steroid dienone is 10. The number of hydrogen-bond acceptors (Lipinski definition) is 6. The first kappa shape index (κ1) is 68.1. The predicted octanol–water partition coefficient (Wildman–Crippen LogP) is 20.8. The van der Waals surface area contributed by atoms with Gasteiger partial charge in [-0.1, -0.05) is 300 Å². The van der Waals surface area contributed by atoms with Crippen LogP contribution in [0.4, 0.5) is 0 Å². The largest absolute Gasteiger partial charge is 0.462 e. The van der Waals surface area contributed by atoms with E-state index >= 15 is 0 Å². The fourth-order valence-electron chi connectivity index (χ4n) is 8.95. The molecule has 0 aromatic rings. The maximum Gasteiger partial charge on any atom is 0.306 e. The first-order valence-corrected chi connectivity index (χ1v) is 30.8. The fourth-order valence-corrected chi connectivity index (χ4v) is 8.95. The van der Waals surface area contributed by atoms with Gasteiger partial charge in [0.05, 0.1) is 0 Å². The Balaban J connectivity index is 4.40. The van der Waals surface area contributed by atoms with Crippen molar-refractivity contribution in [3.8, 4) is 0 Å². The van der Waals surface area contributed by atoms with Crippen LogP contribution in [0, 0.1) is 0 Å². The lowest BCUT2D eigenvalue weighted by Gasteiger charge is -2.18. The molecule has 6 nitrogen and oxygen atoms in total. The Morgan fingerprint density at radius 2 is 0.549 bits per heavy atom.